The average molecular weight is 297 g/mol. The largest absolute Gasteiger partial charge is 0.320 e. The van der Waals surface area contributed by atoms with Crippen LogP contribution in [0.25, 0.3) is 5.65 Å². The Bertz CT molecular complexity index is 910. The summed E-state index contributed by atoms with van der Waals surface area (Å²) >= 11 is 0. The Labute approximate surface area is 126 Å². The fraction of sp³-hybridized carbons (Fsp3) is 0.200. The smallest absolute Gasteiger partial charge is 0.281 e. The third kappa shape index (κ3) is 2.60. The molecule has 7 heteroatoms. The lowest BCUT2D eigenvalue weighted by Gasteiger charge is -2.05. The van der Waals surface area contributed by atoms with E-state index in [1.165, 1.54) is 10.6 Å². The van der Waals surface area contributed by atoms with Gasteiger partial charge in [0.25, 0.3) is 5.56 Å². The van der Waals surface area contributed by atoms with E-state index in [4.69, 9.17) is 0 Å². The molecular formula is C15H15N5O2. The van der Waals surface area contributed by atoms with Gasteiger partial charge in [-0.1, -0.05) is 6.07 Å². The number of nitrogens with zero attached hydrogens (tertiary/aromatic N) is 4. The first-order valence-electron chi connectivity index (χ1n) is 6.80. The van der Waals surface area contributed by atoms with Crippen molar-refractivity contribution in [2.75, 3.05) is 5.32 Å². The Morgan fingerprint density at radius 1 is 1.36 bits per heavy atom. The standard InChI is InChI=1S/C15H15N5O2/c1-10-11(9-19(2)18-10)7-14(21)17-12-8-16-13-5-3-4-6-20(13)15(12)22/h3-6,8-9H,7H2,1-2H3,(H,17,21). The summed E-state index contributed by atoms with van der Waals surface area (Å²) in [5.41, 5.74) is 2.02. The molecule has 0 fully saturated rings. The van der Waals surface area contributed by atoms with Crippen LogP contribution < -0.4 is 10.9 Å². The van der Waals surface area contributed by atoms with Gasteiger partial charge < -0.3 is 5.32 Å². The molecule has 0 unspecified atom stereocenters. The van der Waals surface area contributed by atoms with Crippen LogP contribution in [-0.4, -0.2) is 25.1 Å². The number of fused-ring (bicyclic) bond motifs is 1. The number of hydrogen-bond donors (Lipinski definition) is 1. The van der Waals surface area contributed by atoms with Gasteiger partial charge in [-0.15, -0.1) is 0 Å². The van der Waals surface area contributed by atoms with Crippen LogP contribution in [0.5, 0.6) is 0 Å². The van der Waals surface area contributed by atoms with Crippen LogP contribution in [0, 0.1) is 6.92 Å². The number of nitrogens with one attached hydrogen (secondary N) is 1. The van der Waals surface area contributed by atoms with E-state index in [-0.39, 0.29) is 23.6 Å². The van der Waals surface area contributed by atoms with Gasteiger partial charge in [0.05, 0.1) is 18.3 Å². The van der Waals surface area contributed by atoms with Crippen LogP contribution in [0.4, 0.5) is 5.69 Å². The number of pyridine rings is 1. The van der Waals surface area contributed by atoms with E-state index in [2.05, 4.69) is 15.4 Å². The first kappa shape index (κ1) is 14.0. The molecule has 1 N–H and O–H groups in total. The molecule has 0 bridgehead atoms. The number of carbonyl (C=O) groups is 1. The summed E-state index contributed by atoms with van der Waals surface area (Å²) in [6.07, 6.45) is 4.95. The Balaban J connectivity index is 1.84. The van der Waals surface area contributed by atoms with E-state index < -0.39 is 0 Å². The number of amides is 1. The van der Waals surface area contributed by atoms with Gasteiger partial charge in [-0.3, -0.25) is 18.7 Å². The van der Waals surface area contributed by atoms with Crippen molar-refractivity contribution < 1.29 is 4.79 Å². The summed E-state index contributed by atoms with van der Waals surface area (Å²) in [5.74, 6) is -0.272. The van der Waals surface area contributed by atoms with Crippen molar-refractivity contribution in [1.29, 1.82) is 0 Å². The number of hydrogen-bond acceptors (Lipinski definition) is 4. The summed E-state index contributed by atoms with van der Waals surface area (Å²) in [6.45, 7) is 1.84. The zero-order valence-electron chi connectivity index (χ0n) is 12.3. The molecule has 3 rings (SSSR count). The van der Waals surface area contributed by atoms with Crippen LogP contribution in [0.1, 0.15) is 11.3 Å². The van der Waals surface area contributed by atoms with Crippen molar-refractivity contribution in [3.05, 3.63) is 58.4 Å². The molecule has 0 aliphatic rings. The van der Waals surface area contributed by atoms with Gasteiger partial charge in [0.15, 0.2) is 0 Å². The molecule has 0 radical (unpaired) electrons. The van der Waals surface area contributed by atoms with Crippen LogP contribution in [0.2, 0.25) is 0 Å². The third-order valence-electron chi connectivity index (χ3n) is 3.35. The molecule has 0 saturated carbocycles. The van der Waals surface area contributed by atoms with Crippen molar-refractivity contribution >= 4 is 17.2 Å². The minimum atomic E-state index is -0.304. The van der Waals surface area contributed by atoms with E-state index in [1.54, 1.807) is 42.3 Å². The number of carbonyl (C=O) groups excluding carboxylic acids is 1. The van der Waals surface area contributed by atoms with Crippen LogP contribution in [0.15, 0.2) is 41.6 Å². The number of aromatic nitrogens is 4. The molecule has 3 heterocycles. The Morgan fingerprint density at radius 3 is 2.91 bits per heavy atom. The average Bonchev–Trinajstić information content (AvgIpc) is 2.80. The van der Waals surface area contributed by atoms with Crippen molar-refractivity contribution in [2.24, 2.45) is 7.05 Å². The van der Waals surface area contributed by atoms with Gasteiger partial charge in [-0.05, 0) is 19.1 Å². The van der Waals surface area contributed by atoms with Gasteiger partial charge >= 0.3 is 0 Å². The highest BCUT2D eigenvalue weighted by atomic mass is 16.2. The number of rotatable bonds is 3. The lowest BCUT2D eigenvalue weighted by atomic mass is 10.2. The van der Waals surface area contributed by atoms with E-state index in [0.29, 0.717) is 5.65 Å². The van der Waals surface area contributed by atoms with E-state index in [9.17, 15) is 9.59 Å². The normalized spacial score (nSPS) is 10.8. The first-order chi connectivity index (χ1) is 10.5. The fourth-order valence-corrected chi connectivity index (χ4v) is 2.30. The summed E-state index contributed by atoms with van der Waals surface area (Å²) in [5, 5.41) is 6.80. The molecule has 0 spiro atoms. The molecule has 0 aliphatic heterocycles. The predicted octanol–water partition coefficient (Wildman–Crippen LogP) is 0.918. The van der Waals surface area contributed by atoms with E-state index in [1.807, 2.05) is 6.92 Å². The second-order valence-electron chi connectivity index (χ2n) is 5.04. The van der Waals surface area contributed by atoms with Gasteiger partial charge in [-0.2, -0.15) is 5.10 Å². The molecule has 0 aliphatic carbocycles. The number of aryl methyl sites for hydroxylation is 2. The van der Waals surface area contributed by atoms with Gasteiger partial charge in [0, 0.05) is 25.0 Å². The Morgan fingerprint density at radius 2 is 2.18 bits per heavy atom. The highest BCUT2D eigenvalue weighted by Crippen LogP contribution is 2.07. The molecule has 3 aromatic rings. The quantitative estimate of drug-likeness (QED) is 0.779. The summed E-state index contributed by atoms with van der Waals surface area (Å²) < 4.78 is 3.05. The highest BCUT2D eigenvalue weighted by molar-refractivity contribution is 5.92. The van der Waals surface area contributed by atoms with Crippen molar-refractivity contribution in [3.63, 3.8) is 0 Å². The summed E-state index contributed by atoms with van der Waals surface area (Å²) in [7, 11) is 1.80. The third-order valence-corrected chi connectivity index (χ3v) is 3.35. The zero-order valence-corrected chi connectivity index (χ0v) is 12.3. The zero-order chi connectivity index (χ0) is 15.7. The van der Waals surface area contributed by atoms with Crippen LogP contribution >= 0.6 is 0 Å². The molecule has 0 saturated heterocycles. The molecular weight excluding hydrogens is 282 g/mol. The predicted molar refractivity (Wildman–Crippen MR) is 81.7 cm³/mol. The van der Waals surface area contributed by atoms with Crippen LogP contribution in [0.3, 0.4) is 0 Å². The minimum Gasteiger partial charge on any atom is -0.320 e. The number of anilines is 1. The second-order valence-corrected chi connectivity index (χ2v) is 5.04. The maximum absolute atomic E-state index is 12.3. The lowest BCUT2D eigenvalue weighted by molar-refractivity contribution is -0.115. The molecule has 112 valence electrons. The topological polar surface area (TPSA) is 81.3 Å². The fourth-order valence-electron chi connectivity index (χ4n) is 2.30. The molecule has 1 amide bonds. The monoisotopic (exact) mass is 297 g/mol. The maximum Gasteiger partial charge on any atom is 0.281 e. The van der Waals surface area contributed by atoms with Crippen LogP contribution in [-0.2, 0) is 18.3 Å². The highest BCUT2D eigenvalue weighted by Gasteiger charge is 2.12. The lowest BCUT2D eigenvalue weighted by Crippen LogP contribution is -2.24. The second kappa shape index (κ2) is 5.44. The molecule has 3 aromatic heterocycles. The van der Waals surface area contributed by atoms with Crippen molar-refractivity contribution in [2.45, 2.75) is 13.3 Å². The Hall–Kier alpha value is -2.96. The van der Waals surface area contributed by atoms with Gasteiger partial charge in [-0.25, -0.2) is 4.98 Å². The maximum atomic E-state index is 12.3. The molecule has 7 nitrogen and oxygen atoms in total. The SMILES string of the molecule is Cc1nn(C)cc1CC(=O)Nc1cnc2ccccn2c1=O. The summed E-state index contributed by atoms with van der Waals surface area (Å²) in [6, 6.07) is 5.26. The molecule has 0 aromatic carbocycles. The Kier molecular flexibility index (Phi) is 3.46. The van der Waals surface area contributed by atoms with Gasteiger partial charge in [0.1, 0.15) is 11.3 Å². The minimum absolute atomic E-state index is 0.162. The molecule has 0 atom stereocenters. The van der Waals surface area contributed by atoms with Crippen molar-refractivity contribution in [1.82, 2.24) is 19.2 Å². The molecule has 22 heavy (non-hydrogen) atoms. The summed E-state index contributed by atoms with van der Waals surface area (Å²) in [4.78, 5) is 28.5. The van der Waals surface area contributed by atoms with E-state index in [0.717, 1.165) is 11.3 Å². The van der Waals surface area contributed by atoms with E-state index >= 15 is 0 Å². The van der Waals surface area contributed by atoms with Crippen molar-refractivity contribution in [3.8, 4) is 0 Å². The van der Waals surface area contributed by atoms with Gasteiger partial charge in [0.2, 0.25) is 5.91 Å². The first-order valence-corrected chi connectivity index (χ1v) is 6.80.